The van der Waals surface area contributed by atoms with Crippen molar-refractivity contribution in [1.82, 2.24) is 15.1 Å². The Labute approximate surface area is 254 Å². The number of amides is 2. The summed E-state index contributed by atoms with van der Waals surface area (Å²) in [5, 5.41) is 3.83. The first-order valence-electron chi connectivity index (χ1n) is 13.6. The summed E-state index contributed by atoms with van der Waals surface area (Å²) in [6, 6.07) is 10.8. The third kappa shape index (κ3) is 8.91. The van der Waals surface area contributed by atoms with Crippen LogP contribution in [0.3, 0.4) is 0 Å². The molecule has 2 saturated heterocycles. The van der Waals surface area contributed by atoms with Gasteiger partial charge in [-0.3, -0.25) is 14.6 Å². The zero-order chi connectivity index (χ0) is 29.2. The highest BCUT2D eigenvalue weighted by atomic mass is 35.5. The van der Waals surface area contributed by atoms with Gasteiger partial charge in [0.2, 0.25) is 5.91 Å². The third-order valence-electron chi connectivity index (χ3n) is 7.11. The standard InChI is InChI=1S/C29H35Cl2N3O6S/c1-38-28(36)25(16-20-8-10-21(11-9-20)40-17-22-23(30)6-5-7-24(22)31)32-27(35)26-18-41-19-34(26)29(37)39-15-14-33-12-3-2-4-13-33/h5-11,25-26H,2-4,12-19H2,1H3,(H,32,35). The summed E-state index contributed by atoms with van der Waals surface area (Å²) in [4.78, 5) is 42.2. The SMILES string of the molecule is COC(=O)C(Cc1ccc(OCc2c(Cl)cccc2Cl)cc1)NC(=O)C1CSCN1C(=O)OCCN1CCCCC1. The fourth-order valence-corrected chi connectivity index (χ4v) is 6.40. The molecular formula is C29H35Cl2N3O6S. The summed E-state index contributed by atoms with van der Waals surface area (Å²) in [6.07, 6.45) is 3.25. The first-order chi connectivity index (χ1) is 19.9. The molecule has 12 heteroatoms. The van der Waals surface area contributed by atoms with Crippen molar-refractivity contribution >= 4 is 52.9 Å². The Balaban J connectivity index is 1.30. The van der Waals surface area contributed by atoms with Gasteiger partial charge in [0.15, 0.2) is 0 Å². The second kappa shape index (κ2) is 15.5. The van der Waals surface area contributed by atoms with Crippen LogP contribution in [0, 0.1) is 0 Å². The minimum absolute atomic E-state index is 0.204. The summed E-state index contributed by atoms with van der Waals surface area (Å²) in [6.45, 7) is 3.21. The lowest BCUT2D eigenvalue weighted by Gasteiger charge is -2.27. The fraction of sp³-hybridized carbons (Fsp3) is 0.483. The average molecular weight is 625 g/mol. The number of esters is 1. The second-order valence-corrected chi connectivity index (χ2v) is 11.7. The van der Waals surface area contributed by atoms with Crippen LogP contribution in [0.5, 0.6) is 5.75 Å². The highest BCUT2D eigenvalue weighted by Crippen LogP contribution is 2.26. The Bertz CT molecular complexity index is 1180. The van der Waals surface area contributed by atoms with Crippen LogP contribution in [0.2, 0.25) is 10.0 Å². The fourth-order valence-electron chi connectivity index (χ4n) is 4.75. The maximum atomic E-state index is 13.2. The van der Waals surface area contributed by atoms with E-state index < -0.39 is 30.1 Å². The number of halogens is 2. The number of piperidine rings is 1. The van der Waals surface area contributed by atoms with Crippen LogP contribution in [-0.2, 0) is 32.1 Å². The summed E-state index contributed by atoms with van der Waals surface area (Å²) in [7, 11) is 1.27. The molecule has 222 valence electrons. The van der Waals surface area contributed by atoms with Crippen molar-refractivity contribution in [3.05, 3.63) is 63.6 Å². The monoisotopic (exact) mass is 623 g/mol. The predicted octanol–water partition coefficient (Wildman–Crippen LogP) is 4.77. The van der Waals surface area contributed by atoms with Crippen LogP contribution < -0.4 is 10.1 Å². The topological polar surface area (TPSA) is 97.4 Å². The van der Waals surface area contributed by atoms with E-state index in [2.05, 4.69) is 10.2 Å². The molecule has 2 heterocycles. The molecule has 4 rings (SSSR count). The Kier molecular flexibility index (Phi) is 11.9. The molecule has 2 aromatic carbocycles. The van der Waals surface area contributed by atoms with Gasteiger partial charge in [-0.25, -0.2) is 9.59 Å². The van der Waals surface area contributed by atoms with Gasteiger partial charge in [-0.05, 0) is 55.8 Å². The molecule has 2 aliphatic rings. The smallest absolute Gasteiger partial charge is 0.411 e. The maximum absolute atomic E-state index is 13.2. The molecule has 2 aromatic rings. The van der Waals surface area contributed by atoms with Crippen LogP contribution in [0.15, 0.2) is 42.5 Å². The lowest BCUT2D eigenvalue weighted by molar-refractivity contribution is -0.145. The van der Waals surface area contributed by atoms with Crippen molar-refractivity contribution in [3.63, 3.8) is 0 Å². The Hall–Kier alpha value is -2.66. The van der Waals surface area contributed by atoms with Gasteiger partial charge in [0, 0.05) is 34.3 Å². The van der Waals surface area contributed by atoms with Crippen LogP contribution >= 0.6 is 35.0 Å². The number of methoxy groups -OCH3 is 1. The molecule has 41 heavy (non-hydrogen) atoms. The normalized spacial score (nSPS) is 18.0. The highest BCUT2D eigenvalue weighted by Gasteiger charge is 2.37. The number of carbonyl (C=O) groups excluding carboxylic acids is 3. The van der Waals surface area contributed by atoms with Crippen molar-refractivity contribution in [3.8, 4) is 5.75 Å². The van der Waals surface area contributed by atoms with Crippen molar-refractivity contribution in [2.24, 2.45) is 0 Å². The Morgan fingerprint density at radius 3 is 2.44 bits per heavy atom. The molecule has 0 radical (unpaired) electrons. The molecule has 2 aliphatic heterocycles. The van der Waals surface area contributed by atoms with Crippen LogP contribution in [0.25, 0.3) is 0 Å². The van der Waals surface area contributed by atoms with Gasteiger partial charge in [0.1, 0.15) is 31.0 Å². The van der Waals surface area contributed by atoms with Crippen LogP contribution in [-0.4, -0.2) is 84.8 Å². The largest absolute Gasteiger partial charge is 0.489 e. The zero-order valence-corrected chi connectivity index (χ0v) is 25.3. The number of benzene rings is 2. The molecule has 2 unspecified atom stereocenters. The van der Waals surface area contributed by atoms with Gasteiger partial charge in [0.05, 0.1) is 13.0 Å². The van der Waals surface area contributed by atoms with E-state index in [9.17, 15) is 14.4 Å². The molecule has 0 aliphatic carbocycles. The molecular weight excluding hydrogens is 589 g/mol. The second-order valence-electron chi connectivity index (χ2n) is 9.92. The number of ether oxygens (including phenoxy) is 3. The summed E-state index contributed by atoms with van der Waals surface area (Å²) in [5.41, 5.74) is 1.48. The number of thioether (sulfide) groups is 1. The lowest BCUT2D eigenvalue weighted by Crippen LogP contribution is -2.52. The molecule has 2 atom stereocenters. The number of nitrogens with zero attached hydrogens (tertiary/aromatic N) is 2. The first kappa shape index (κ1) is 31.3. The van der Waals surface area contributed by atoms with Crippen molar-refractivity contribution in [2.75, 3.05) is 45.0 Å². The minimum Gasteiger partial charge on any atom is -0.489 e. The zero-order valence-electron chi connectivity index (χ0n) is 23.0. The summed E-state index contributed by atoms with van der Waals surface area (Å²) >= 11 is 13.9. The van der Waals surface area contributed by atoms with Gasteiger partial charge >= 0.3 is 12.1 Å². The Morgan fingerprint density at radius 2 is 1.76 bits per heavy atom. The molecule has 9 nitrogen and oxygen atoms in total. The number of rotatable bonds is 11. The highest BCUT2D eigenvalue weighted by molar-refractivity contribution is 7.99. The molecule has 0 spiro atoms. The lowest BCUT2D eigenvalue weighted by atomic mass is 10.1. The van der Waals surface area contributed by atoms with Gasteiger partial charge in [0.25, 0.3) is 0 Å². The number of hydrogen-bond acceptors (Lipinski definition) is 8. The number of likely N-dealkylation sites (tertiary alicyclic amines) is 1. The van der Waals surface area contributed by atoms with E-state index in [-0.39, 0.29) is 19.6 Å². The number of nitrogens with one attached hydrogen (secondary N) is 1. The molecule has 0 bridgehead atoms. The summed E-state index contributed by atoms with van der Waals surface area (Å²) < 4.78 is 16.3. The third-order valence-corrected chi connectivity index (χ3v) is 8.83. The van der Waals surface area contributed by atoms with E-state index in [1.165, 1.54) is 30.2 Å². The number of carbonyl (C=O) groups is 3. The van der Waals surface area contributed by atoms with Gasteiger partial charge < -0.3 is 19.5 Å². The molecule has 2 fully saturated rings. The first-order valence-corrected chi connectivity index (χ1v) is 15.5. The van der Waals surface area contributed by atoms with E-state index in [0.717, 1.165) is 31.5 Å². The van der Waals surface area contributed by atoms with Crippen LogP contribution in [0.1, 0.15) is 30.4 Å². The van der Waals surface area contributed by atoms with Gasteiger partial charge in [-0.15, -0.1) is 11.8 Å². The van der Waals surface area contributed by atoms with E-state index in [0.29, 0.717) is 39.5 Å². The summed E-state index contributed by atoms with van der Waals surface area (Å²) in [5.74, 6) is 0.372. The van der Waals surface area contributed by atoms with Gasteiger partial charge in [-0.2, -0.15) is 0 Å². The number of hydrogen-bond donors (Lipinski definition) is 1. The molecule has 1 N–H and O–H groups in total. The average Bonchev–Trinajstić information content (AvgIpc) is 3.48. The molecule has 2 amide bonds. The van der Waals surface area contributed by atoms with Crippen molar-refractivity contribution in [1.29, 1.82) is 0 Å². The predicted molar refractivity (Wildman–Crippen MR) is 159 cm³/mol. The van der Waals surface area contributed by atoms with Gasteiger partial charge in [-0.1, -0.05) is 47.8 Å². The molecule has 0 saturated carbocycles. The van der Waals surface area contributed by atoms with E-state index >= 15 is 0 Å². The van der Waals surface area contributed by atoms with Crippen molar-refractivity contribution < 1.29 is 28.6 Å². The molecule has 0 aromatic heterocycles. The van der Waals surface area contributed by atoms with E-state index in [1.807, 2.05) is 12.1 Å². The quantitative estimate of drug-likeness (QED) is 0.358. The van der Waals surface area contributed by atoms with E-state index in [4.69, 9.17) is 37.4 Å². The van der Waals surface area contributed by atoms with Crippen molar-refractivity contribution in [2.45, 2.75) is 44.4 Å². The Morgan fingerprint density at radius 1 is 1.05 bits per heavy atom. The maximum Gasteiger partial charge on any atom is 0.411 e. The minimum atomic E-state index is -0.927. The van der Waals surface area contributed by atoms with E-state index in [1.54, 1.807) is 30.3 Å². The van der Waals surface area contributed by atoms with Crippen LogP contribution in [0.4, 0.5) is 4.79 Å².